The van der Waals surface area contributed by atoms with Crippen LogP contribution in [0.25, 0.3) is 0 Å². The van der Waals surface area contributed by atoms with Gasteiger partial charge >= 0.3 is 5.97 Å². The lowest BCUT2D eigenvalue weighted by Crippen LogP contribution is -2.43. The molecule has 1 aliphatic rings. The van der Waals surface area contributed by atoms with Gasteiger partial charge in [0.25, 0.3) is 0 Å². The van der Waals surface area contributed by atoms with Crippen molar-refractivity contribution < 1.29 is 14.3 Å². The van der Waals surface area contributed by atoms with Crippen molar-refractivity contribution in [3.05, 3.63) is 23.8 Å². The zero-order valence-electron chi connectivity index (χ0n) is 13.5. The molecule has 1 unspecified atom stereocenters. The highest BCUT2D eigenvalue weighted by Gasteiger charge is 2.39. The van der Waals surface area contributed by atoms with E-state index in [0.29, 0.717) is 13.0 Å². The second-order valence-corrected chi connectivity index (χ2v) is 11.9. The Morgan fingerprint density at radius 1 is 1.38 bits per heavy atom. The van der Waals surface area contributed by atoms with Crippen LogP contribution in [0.4, 0.5) is 5.69 Å². The quantitative estimate of drug-likeness (QED) is 0.827. The first-order chi connectivity index (χ1) is 9.62. The number of carbonyl (C=O) groups is 1. The molecule has 0 bridgehead atoms. The van der Waals surface area contributed by atoms with Crippen molar-refractivity contribution in [3.63, 3.8) is 0 Å². The number of aliphatic carboxylic acids is 1. The van der Waals surface area contributed by atoms with Crippen LogP contribution in [0, 0.1) is 0 Å². The third-order valence-electron chi connectivity index (χ3n) is 4.62. The van der Waals surface area contributed by atoms with E-state index in [-0.39, 0.29) is 5.04 Å². The summed E-state index contributed by atoms with van der Waals surface area (Å²) in [6.07, 6.45) is 0.617. The summed E-state index contributed by atoms with van der Waals surface area (Å²) in [6, 6.07) is 5.78. The van der Waals surface area contributed by atoms with Gasteiger partial charge in [0, 0.05) is 12.2 Å². The smallest absolute Gasteiger partial charge is 0.311 e. The van der Waals surface area contributed by atoms with E-state index in [2.05, 4.69) is 39.2 Å². The number of rotatable bonds is 3. The van der Waals surface area contributed by atoms with Gasteiger partial charge in [-0.2, -0.15) is 0 Å². The van der Waals surface area contributed by atoms with Gasteiger partial charge in [-0.05, 0) is 48.3 Å². The molecule has 0 spiro atoms. The molecule has 4 nitrogen and oxygen atoms in total. The van der Waals surface area contributed by atoms with E-state index in [1.165, 1.54) is 0 Å². The summed E-state index contributed by atoms with van der Waals surface area (Å²) in [5.41, 5.74) is 1.75. The molecule has 1 atom stereocenters. The minimum Gasteiger partial charge on any atom is -0.543 e. The van der Waals surface area contributed by atoms with Gasteiger partial charge in [-0.25, -0.2) is 0 Å². The van der Waals surface area contributed by atoms with Gasteiger partial charge in [0.15, 0.2) is 0 Å². The van der Waals surface area contributed by atoms with Gasteiger partial charge in [0.2, 0.25) is 8.32 Å². The summed E-state index contributed by atoms with van der Waals surface area (Å²) < 4.78 is 6.28. The van der Waals surface area contributed by atoms with Gasteiger partial charge < -0.3 is 14.8 Å². The molecule has 5 heteroatoms. The van der Waals surface area contributed by atoms with Crippen LogP contribution in [0.15, 0.2) is 18.2 Å². The van der Waals surface area contributed by atoms with Crippen LogP contribution in [0.1, 0.15) is 38.7 Å². The molecule has 1 aromatic carbocycles. The molecule has 2 rings (SSSR count). The number of fused-ring (bicyclic) bond motifs is 1. The largest absolute Gasteiger partial charge is 0.543 e. The first-order valence-corrected chi connectivity index (χ1v) is 10.3. The van der Waals surface area contributed by atoms with Crippen LogP contribution < -0.4 is 9.74 Å². The Labute approximate surface area is 127 Å². The van der Waals surface area contributed by atoms with Gasteiger partial charge in [-0.3, -0.25) is 4.79 Å². The van der Waals surface area contributed by atoms with Crippen molar-refractivity contribution in [3.8, 4) is 5.75 Å². The second kappa shape index (κ2) is 5.37. The Hall–Kier alpha value is -1.49. The van der Waals surface area contributed by atoms with Gasteiger partial charge in [0.05, 0.1) is 5.92 Å². The second-order valence-electron chi connectivity index (χ2n) is 7.22. The third kappa shape index (κ3) is 3.23. The highest BCUT2D eigenvalue weighted by molar-refractivity contribution is 6.74. The fourth-order valence-electron chi connectivity index (χ4n) is 2.26. The molecule has 0 amide bonds. The van der Waals surface area contributed by atoms with E-state index in [1.807, 2.05) is 18.2 Å². The zero-order chi connectivity index (χ0) is 15.8. The Balaban J connectivity index is 2.32. The number of carboxylic acids is 1. The summed E-state index contributed by atoms with van der Waals surface area (Å²) >= 11 is 0. The van der Waals surface area contributed by atoms with Crippen LogP contribution >= 0.6 is 0 Å². The van der Waals surface area contributed by atoms with E-state index < -0.39 is 20.2 Å². The van der Waals surface area contributed by atoms with Crippen LogP contribution in [-0.2, 0) is 4.79 Å². The van der Waals surface area contributed by atoms with Crippen LogP contribution in [-0.4, -0.2) is 25.9 Å². The molecule has 0 fully saturated rings. The van der Waals surface area contributed by atoms with Crippen molar-refractivity contribution in [2.45, 2.75) is 51.2 Å². The lowest BCUT2D eigenvalue weighted by atomic mass is 9.91. The summed E-state index contributed by atoms with van der Waals surface area (Å²) in [7, 11) is -1.91. The maximum atomic E-state index is 11.4. The summed E-state index contributed by atoms with van der Waals surface area (Å²) in [6.45, 7) is 11.7. The van der Waals surface area contributed by atoms with Crippen LogP contribution in [0.3, 0.4) is 0 Å². The van der Waals surface area contributed by atoms with Crippen molar-refractivity contribution in [1.29, 1.82) is 0 Å². The first-order valence-electron chi connectivity index (χ1n) is 7.41. The molecule has 0 aromatic heterocycles. The average molecular weight is 307 g/mol. The number of hydrogen-bond acceptors (Lipinski definition) is 3. The van der Waals surface area contributed by atoms with Crippen molar-refractivity contribution in [2.24, 2.45) is 0 Å². The van der Waals surface area contributed by atoms with Gasteiger partial charge in [-0.1, -0.05) is 20.8 Å². The van der Waals surface area contributed by atoms with Gasteiger partial charge in [0.1, 0.15) is 5.75 Å². The minimum atomic E-state index is -1.91. The summed E-state index contributed by atoms with van der Waals surface area (Å²) in [5, 5.41) is 12.8. The molecule has 0 saturated carbocycles. The van der Waals surface area contributed by atoms with E-state index in [0.717, 1.165) is 17.0 Å². The maximum Gasteiger partial charge on any atom is 0.311 e. The molecule has 2 N–H and O–H groups in total. The fourth-order valence-corrected chi connectivity index (χ4v) is 3.29. The number of anilines is 1. The molecule has 116 valence electrons. The standard InChI is InChI=1S/C16H25NO3Si/c1-16(2,3)21(4,5)20-11-6-7-14-13(10-11)12(15(18)19)8-9-17-14/h6-7,10,12,17H,8-9H2,1-5H3,(H,18,19). The molecule has 1 heterocycles. The molecule has 0 saturated heterocycles. The molecular weight excluding hydrogens is 282 g/mol. The SMILES string of the molecule is CC(C)(C)[Si](C)(C)Oc1ccc2c(c1)C(C(=O)O)CCN2. The molecule has 1 aromatic rings. The Morgan fingerprint density at radius 3 is 2.62 bits per heavy atom. The van der Waals surface area contributed by atoms with Crippen molar-refractivity contribution >= 4 is 20.0 Å². The number of benzene rings is 1. The monoisotopic (exact) mass is 307 g/mol. The molecule has 0 radical (unpaired) electrons. The van der Waals surface area contributed by atoms with E-state index >= 15 is 0 Å². The Bertz CT molecular complexity index is 549. The van der Waals surface area contributed by atoms with Crippen LogP contribution in [0.2, 0.25) is 18.1 Å². The lowest BCUT2D eigenvalue weighted by molar-refractivity contribution is -0.138. The van der Waals surface area contributed by atoms with E-state index in [4.69, 9.17) is 4.43 Å². The summed E-state index contributed by atoms with van der Waals surface area (Å²) in [4.78, 5) is 11.4. The normalized spacial score (nSPS) is 18.6. The zero-order valence-corrected chi connectivity index (χ0v) is 14.5. The van der Waals surface area contributed by atoms with E-state index in [9.17, 15) is 9.90 Å². The highest BCUT2D eigenvalue weighted by Crippen LogP contribution is 2.40. The number of carboxylic acid groups (broad SMARTS) is 1. The van der Waals surface area contributed by atoms with Crippen LogP contribution in [0.5, 0.6) is 5.75 Å². The Kier molecular flexibility index (Phi) is 4.06. The summed E-state index contributed by atoms with van der Waals surface area (Å²) in [5.74, 6) is -0.415. The lowest BCUT2D eigenvalue weighted by Gasteiger charge is -2.37. The third-order valence-corrected chi connectivity index (χ3v) is 8.98. The molecular formula is C16H25NO3Si. The molecule has 21 heavy (non-hydrogen) atoms. The van der Waals surface area contributed by atoms with E-state index in [1.54, 1.807) is 0 Å². The number of nitrogens with one attached hydrogen (secondary N) is 1. The minimum absolute atomic E-state index is 0.118. The number of hydrogen-bond donors (Lipinski definition) is 2. The fraction of sp³-hybridized carbons (Fsp3) is 0.562. The molecule has 1 aliphatic heterocycles. The maximum absolute atomic E-state index is 11.4. The predicted octanol–water partition coefficient (Wildman–Crippen LogP) is 4.05. The van der Waals surface area contributed by atoms with Gasteiger partial charge in [-0.15, -0.1) is 0 Å². The Morgan fingerprint density at radius 2 is 2.05 bits per heavy atom. The highest BCUT2D eigenvalue weighted by atomic mass is 28.4. The first kappa shape index (κ1) is 15.9. The molecule has 0 aliphatic carbocycles. The van der Waals surface area contributed by atoms with Crippen molar-refractivity contribution in [2.75, 3.05) is 11.9 Å². The topological polar surface area (TPSA) is 58.6 Å². The van der Waals surface area contributed by atoms with Crippen molar-refractivity contribution in [1.82, 2.24) is 0 Å². The predicted molar refractivity (Wildman–Crippen MR) is 87.8 cm³/mol. The average Bonchev–Trinajstić information content (AvgIpc) is 2.35.